The van der Waals surface area contributed by atoms with Crippen LogP contribution in [0.5, 0.6) is 0 Å². The third-order valence-corrected chi connectivity index (χ3v) is 1.93. The molecule has 0 fully saturated rings. The van der Waals surface area contributed by atoms with E-state index in [-0.39, 0.29) is 24.2 Å². The maximum Gasteiger partial charge on any atom is 0.337 e. The van der Waals surface area contributed by atoms with Gasteiger partial charge in [0.25, 0.3) is 0 Å². The van der Waals surface area contributed by atoms with Gasteiger partial charge in [-0.05, 0) is 17.7 Å². The molecule has 0 aliphatic rings. The topological polar surface area (TPSA) is 106 Å². The van der Waals surface area contributed by atoms with Gasteiger partial charge in [0.2, 0.25) is 6.54 Å². The van der Waals surface area contributed by atoms with Gasteiger partial charge < -0.3 is 10.8 Å². The first kappa shape index (κ1) is 11.0. The van der Waals surface area contributed by atoms with Crippen LogP contribution in [0.2, 0.25) is 0 Å². The van der Waals surface area contributed by atoms with Gasteiger partial charge >= 0.3 is 5.97 Å². The molecule has 0 bridgehead atoms. The van der Waals surface area contributed by atoms with Crippen LogP contribution in [0.1, 0.15) is 15.9 Å². The highest BCUT2D eigenvalue weighted by Crippen LogP contribution is 2.14. The molecule has 6 nitrogen and oxygen atoms in total. The predicted octanol–water partition coefficient (Wildman–Crippen LogP) is 0.786. The fourth-order valence-electron chi connectivity index (χ4n) is 1.18. The van der Waals surface area contributed by atoms with Crippen molar-refractivity contribution in [1.29, 1.82) is 0 Å². The molecule has 3 N–H and O–H groups in total. The molecule has 1 aromatic carbocycles. The lowest BCUT2D eigenvalue weighted by Gasteiger charge is -2.03. The lowest BCUT2D eigenvalue weighted by atomic mass is 10.1. The Balaban J connectivity index is 2.82. The molecule has 0 aliphatic heterocycles. The summed E-state index contributed by atoms with van der Waals surface area (Å²) in [5.74, 6) is -1.10. The number of nitrogens with two attached hydrogens (primary N) is 1. The average Bonchev–Trinajstić information content (AvgIpc) is 2.14. The van der Waals surface area contributed by atoms with Crippen LogP contribution in [-0.2, 0) is 6.42 Å². The Morgan fingerprint density at radius 3 is 2.67 bits per heavy atom. The number of hydrogen-bond acceptors (Lipinski definition) is 4. The second-order valence-electron chi connectivity index (χ2n) is 3.03. The van der Waals surface area contributed by atoms with Crippen molar-refractivity contribution in [3.05, 3.63) is 39.4 Å². The molecule has 0 spiro atoms. The molecule has 0 unspecified atom stereocenters. The zero-order valence-electron chi connectivity index (χ0n) is 7.84. The average molecular weight is 210 g/mol. The predicted molar refractivity (Wildman–Crippen MR) is 53.4 cm³/mol. The maximum atomic E-state index is 10.6. The smallest absolute Gasteiger partial charge is 0.337 e. The van der Waals surface area contributed by atoms with E-state index in [2.05, 4.69) is 0 Å². The number of nitrogens with zero attached hydrogens (tertiary/aromatic N) is 1. The van der Waals surface area contributed by atoms with Gasteiger partial charge in [0.1, 0.15) is 0 Å². The minimum atomic E-state index is -1.10. The summed E-state index contributed by atoms with van der Waals surface area (Å²) in [4.78, 5) is 20.3. The summed E-state index contributed by atoms with van der Waals surface area (Å²) in [7, 11) is 0. The quantitative estimate of drug-likeness (QED) is 0.434. The highest BCUT2D eigenvalue weighted by molar-refractivity contribution is 5.93. The number of rotatable bonds is 4. The monoisotopic (exact) mass is 210 g/mol. The van der Waals surface area contributed by atoms with Crippen LogP contribution in [0.15, 0.2) is 18.2 Å². The second-order valence-corrected chi connectivity index (χ2v) is 3.03. The van der Waals surface area contributed by atoms with E-state index < -0.39 is 10.9 Å². The van der Waals surface area contributed by atoms with Crippen molar-refractivity contribution in [3.63, 3.8) is 0 Å². The summed E-state index contributed by atoms with van der Waals surface area (Å²) in [6.07, 6.45) is 0.247. The normalized spacial score (nSPS) is 9.87. The first-order valence-electron chi connectivity index (χ1n) is 4.24. The fraction of sp³-hybridized carbons (Fsp3) is 0.222. The number of benzene rings is 1. The largest absolute Gasteiger partial charge is 0.478 e. The summed E-state index contributed by atoms with van der Waals surface area (Å²) < 4.78 is 0. The third-order valence-electron chi connectivity index (χ3n) is 1.93. The van der Waals surface area contributed by atoms with Crippen molar-refractivity contribution in [2.75, 3.05) is 12.3 Å². The summed E-state index contributed by atoms with van der Waals surface area (Å²) in [5.41, 5.74) is 6.28. The molecule has 0 saturated heterocycles. The van der Waals surface area contributed by atoms with Crippen molar-refractivity contribution < 1.29 is 14.8 Å². The lowest BCUT2D eigenvalue weighted by Crippen LogP contribution is -2.06. The molecule has 80 valence electrons. The van der Waals surface area contributed by atoms with Gasteiger partial charge in [-0.25, -0.2) is 4.79 Å². The Kier molecular flexibility index (Phi) is 3.22. The first-order valence-corrected chi connectivity index (χ1v) is 4.24. The number of carboxylic acids is 1. The Morgan fingerprint density at radius 1 is 1.53 bits per heavy atom. The van der Waals surface area contributed by atoms with Crippen LogP contribution < -0.4 is 5.73 Å². The number of carboxylic acid groups (broad SMARTS) is 1. The Hall–Kier alpha value is -2.11. The molecule has 0 aliphatic carbocycles. The van der Waals surface area contributed by atoms with Crippen molar-refractivity contribution in [1.82, 2.24) is 0 Å². The number of hydrogen-bond donors (Lipinski definition) is 2. The minimum absolute atomic E-state index is 0.0138. The van der Waals surface area contributed by atoms with Gasteiger partial charge in [0.15, 0.2) is 0 Å². The van der Waals surface area contributed by atoms with Crippen LogP contribution in [0, 0.1) is 10.1 Å². The van der Waals surface area contributed by atoms with E-state index in [1.807, 2.05) is 0 Å². The zero-order chi connectivity index (χ0) is 11.4. The van der Waals surface area contributed by atoms with Crippen LogP contribution in [0.3, 0.4) is 0 Å². The maximum absolute atomic E-state index is 10.6. The summed E-state index contributed by atoms with van der Waals surface area (Å²) in [6, 6.07) is 4.34. The van der Waals surface area contributed by atoms with E-state index in [9.17, 15) is 14.9 Å². The van der Waals surface area contributed by atoms with Crippen molar-refractivity contribution in [2.45, 2.75) is 6.42 Å². The summed E-state index contributed by atoms with van der Waals surface area (Å²) in [5, 5.41) is 18.8. The summed E-state index contributed by atoms with van der Waals surface area (Å²) in [6.45, 7) is -0.189. The number of nitro groups is 1. The molecule has 0 saturated carbocycles. The van der Waals surface area contributed by atoms with Crippen LogP contribution in [-0.4, -0.2) is 22.5 Å². The molecule has 15 heavy (non-hydrogen) atoms. The fourth-order valence-corrected chi connectivity index (χ4v) is 1.18. The summed E-state index contributed by atoms with van der Waals surface area (Å²) >= 11 is 0. The number of aromatic carboxylic acids is 1. The molecular formula is C9H10N2O4. The van der Waals surface area contributed by atoms with Gasteiger partial charge in [-0.2, -0.15) is 0 Å². The van der Waals surface area contributed by atoms with E-state index in [0.29, 0.717) is 5.56 Å². The van der Waals surface area contributed by atoms with Gasteiger partial charge in [0, 0.05) is 17.0 Å². The van der Waals surface area contributed by atoms with E-state index in [1.54, 1.807) is 0 Å². The van der Waals surface area contributed by atoms with Crippen LogP contribution in [0.4, 0.5) is 5.69 Å². The van der Waals surface area contributed by atoms with Crippen LogP contribution in [0.25, 0.3) is 0 Å². The SMILES string of the molecule is Nc1cc(CC[N+](=O)[O-])ccc1C(=O)O. The Morgan fingerprint density at radius 2 is 2.20 bits per heavy atom. The standard InChI is InChI=1S/C9H10N2O4/c10-8-5-6(3-4-11(14)15)1-2-7(8)9(12)13/h1-2,5H,3-4,10H2,(H,12,13). The van der Waals surface area contributed by atoms with Gasteiger partial charge in [-0.1, -0.05) is 6.07 Å². The lowest BCUT2D eigenvalue weighted by molar-refractivity contribution is -0.479. The van der Waals surface area contributed by atoms with Crippen LogP contribution >= 0.6 is 0 Å². The first-order chi connectivity index (χ1) is 7.00. The van der Waals surface area contributed by atoms with Gasteiger partial charge in [-0.3, -0.25) is 10.1 Å². The number of anilines is 1. The second kappa shape index (κ2) is 4.41. The number of carbonyl (C=O) groups is 1. The minimum Gasteiger partial charge on any atom is -0.478 e. The molecule has 0 amide bonds. The Bertz CT molecular complexity index is 403. The van der Waals surface area contributed by atoms with Gasteiger partial charge in [0.05, 0.1) is 5.56 Å². The van der Waals surface area contributed by atoms with Crippen molar-refractivity contribution >= 4 is 11.7 Å². The van der Waals surface area contributed by atoms with Gasteiger partial charge in [-0.15, -0.1) is 0 Å². The van der Waals surface area contributed by atoms with E-state index >= 15 is 0 Å². The van der Waals surface area contributed by atoms with E-state index in [0.717, 1.165) is 0 Å². The highest BCUT2D eigenvalue weighted by Gasteiger charge is 2.08. The molecule has 1 rings (SSSR count). The molecule has 0 aromatic heterocycles. The zero-order valence-corrected chi connectivity index (χ0v) is 7.84. The van der Waals surface area contributed by atoms with Crippen molar-refractivity contribution in [3.8, 4) is 0 Å². The third kappa shape index (κ3) is 2.94. The van der Waals surface area contributed by atoms with E-state index in [4.69, 9.17) is 10.8 Å². The highest BCUT2D eigenvalue weighted by atomic mass is 16.6. The molecular weight excluding hydrogens is 200 g/mol. The molecule has 0 heterocycles. The molecule has 6 heteroatoms. The van der Waals surface area contributed by atoms with Crippen molar-refractivity contribution in [2.24, 2.45) is 0 Å². The molecule has 1 aromatic rings. The van der Waals surface area contributed by atoms with E-state index in [1.165, 1.54) is 18.2 Å². The molecule has 0 radical (unpaired) electrons. The molecule has 0 atom stereocenters. The number of nitrogen functional groups attached to an aromatic ring is 1. The Labute approximate surface area is 85.5 Å².